The summed E-state index contributed by atoms with van der Waals surface area (Å²) in [5.41, 5.74) is 4.13. The van der Waals surface area contributed by atoms with Gasteiger partial charge < -0.3 is 0 Å². The molecule has 0 aromatic heterocycles. The van der Waals surface area contributed by atoms with Crippen LogP contribution < -0.4 is 0 Å². The van der Waals surface area contributed by atoms with Crippen molar-refractivity contribution in [3.05, 3.63) is 60.3 Å². The van der Waals surface area contributed by atoms with Gasteiger partial charge in [0.1, 0.15) is 0 Å². The van der Waals surface area contributed by atoms with Gasteiger partial charge in [-0.2, -0.15) is 0 Å². The van der Waals surface area contributed by atoms with E-state index >= 15 is 0 Å². The second kappa shape index (κ2) is 26.7. The lowest BCUT2D eigenvalue weighted by molar-refractivity contribution is 0.545. The molecular weight excluding hydrogens is 372 g/mol. The summed E-state index contributed by atoms with van der Waals surface area (Å²) in [4.78, 5) is 0. The first-order valence-electron chi connectivity index (χ1n) is 13.2. The number of rotatable bonds is 19. The zero-order chi connectivity index (χ0) is 23.6. The molecule has 180 valence electrons. The fourth-order valence-corrected chi connectivity index (χ4v) is 3.35. The number of hydrogen-bond acceptors (Lipinski definition) is 0. The molecule has 0 aliphatic carbocycles. The van der Waals surface area contributed by atoms with Crippen LogP contribution in [0.2, 0.25) is 0 Å². The molecule has 0 saturated carbocycles. The Morgan fingerprint density at radius 3 is 1.58 bits per heavy atom. The minimum Gasteiger partial charge on any atom is -0.103 e. The predicted octanol–water partition coefficient (Wildman–Crippen LogP) is 11.5. The summed E-state index contributed by atoms with van der Waals surface area (Å²) >= 11 is 0. The molecule has 0 nitrogen and oxygen atoms in total. The van der Waals surface area contributed by atoms with Crippen LogP contribution in [0.5, 0.6) is 0 Å². The van der Waals surface area contributed by atoms with Crippen LogP contribution in [0.4, 0.5) is 0 Å². The Labute approximate surface area is 197 Å². The zero-order valence-corrected chi connectivity index (χ0v) is 22.1. The summed E-state index contributed by atoms with van der Waals surface area (Å²) < 4.78 is 0. The summed E-state index contributed by atoms with van der Waals surface area (Å²) in [6.45, 7) is 18.3. The van der Waals surface area contributed by atoms with Crippen LogP contribution in [0.25, 0.3) is 0 Å². The maximum atomic E-state index is 3.75. The third kappa shape index (κ3) is 31.0. The Kier molecular flexibility index (Phi) is 27.5. The van der Waals surface area contributed by atoms with Crippen LogP contribution in [0.15, 0.2) is 60.3 Å². The predicted molar refractivity (Wildman–Crippen MR) is 147 cm³/mol. The second-order valence-corrected chi connectivity index (χ2v) is 9.23. The maximum Gasteiger partial charge on any atom is -0.0161 e. The van der Waals surface area contributed by atoms with E-state index in [-0.39, 0.29) is 0 Å². The van der Waals surface area contributed by atoms with E-state index in [1.807, 2.05) is 12.2 Å². The molecule has 0 unspecified atom stereocenters. The largest absolute Gasteiger partial charge is 0.103 e. The van der Waals surface area contributed by atoms with Crippen molar-refractivity contribution in [1.29, 1.82) is 0 Å². The van der Waals surface area contributed by atoms with E-state index in [4.69, 9.17) is 0 Å². The Morgan fingerprint density at radius 1 is 0.613 bits per heavy atom. The van der Waals surface area contributed by atoms with Gasteiger partial charge in [0, 0.05) is 0 Å². The van der Waals surface area contributed by atoms with Gasteiger partial charge in [-0.25, -0.2) is 0 Å². The molecule has 0 atom stereocenters. The lowest BCUT2D eigenvalue weighted by atomic mass is 10.0. The Balaban J connectivity index is 0. The fourth-order valence-electron chi connectivity index (χ4n) is 3.35. The lowest BCUT2D eigenvalue weighted by Gasteiger charge is -2.02. The standard InChI is InChI=1S/C16H32.C15H24/c1-3-5-7-9-11-13-15-16-14-12-10-8-6-4-2;1-6-14(4)10-8-12-15(5)11-7-9-13(2)3/h3H,1,4-16H2,2H3;6,9-10,12H,1,7-8,11H2,2-5H3/b;14-10+,15-12+. The van der Waals surface area contributed by atoms with E-state index < -0.39 is 0 Å². The normalized spacial score (nSPS) is 11.5. The third-order valence-corrected chi connectivity index (χ3v) is 5.58. The number of unbranched alkanes of at least 4 members (excludes halogenated alkanes) is 12. The second-order valence-electron chi connectivity index (χ2n) is 9.23. The van der Waals surface area contributed by atoms with Gasteiger partial charge in [0.25, 0.3) is 0 Å². The van der Waals surface area contributed by atoms with Crippen LogP contribution in [0, 0.1) is 0 Å². The van der Waals surface area contributed by atoms with Gasteiger partial charge in [-0.1, -0.05) is 131 Å². The first kappa shape index (κ1) is 31.9. The first-order valence-corrected chi connectivity index (χ1v) is 13.2. The highest BCUT2D eigenvalue weighted by molar-refractivity contribution is 5.15. The van der Waals surface area contributed by atoms with Crippen LogP contribution in [0.3, 0.4) is 0 Å². The summed E-state index contributed by atoms with van der Waals surface area (Å²) in [7, 11) is 0. The molecular formula is C31H56. The van der Waals surface area contributed by atoms with E-state index in [1.165, 1.54) is 107 Å². The van der Waals surface area contributed by atoms with Crippen molar-refractivity contribution in [3.8, 4) is 0 Å². The van der Waals surface area contributed by atoms with Crippen LogP contribution in [-0.2, 0) is 0 Å². The van der Waals surface area contributed by atoms with Gasteiger partial charge in [-0.3, -0.25) is 0 Å². The molecule has 0 bridgehead atoms. The molecule has 0 aliphatic heterocycles. The van der Waals surface area contributed by atoms with Gasteiger partial charge in [0.05, 0.1) is 0 Å². The SMILES string of the molecule is C=C/C(C)=C/C/C=C(\C)CCC=C(C)C.C=CCCCCCCCCCCCCCC. The molecule has 0 spiro atoms. The summed E-state index contributed by atoms with van der Waals surface area (Å²) in [6, 6.07) is 0. The van der Waals surface area contributed by atoms with Gasteiger partial charge in [-0.15, -0.1) is 6.58 Å². The van der Waals surface area contributed by atoms with Gasteiger partial charge in [0.15, 0.2) is 0 Å². The monoisotopic (exact) mass is 428 g/mol. The van der Waals surface area contributed by atoms with Gasteiger partial charge >= 0.3 is 0 Å². The summed E-state index contributed by atoms with van der Waals surface area (Å²) in [5, 5.41) is 0. The number of hydrogen-bond donors (Lipinski definition) is 0. The molecule has 0 saturated heterocycles. The highest BCUT2D eigenvalue weighted by Crippen LogP contribution is 2.12. The molecule has 0 rings (SSSR count). The summed E-state index contributed by atoms with van der Waals surface area (Å²) in [5.74, 6) is 0. The van der Waals surface area contributed by atoms with Crippen molar-refractivity contribution in [2.45, 2.75) is 137 Å². The Hall–Kier alpha value is -1.30. The lowest BCUT2D eigenvalue weighted by Crippen LogP contribution is -1.82. The van der Waals surface area contributed by atoms with E-state index in [0.29, 0.717) is 0 Å². The fraction of sp³-hybridized carbons (Fsp3) is 0.677. The van der Waals surface area contributed by atoms with Crippen molar-refractivity contribution in [2.24, 2.45) is 0 Å². The average molecular weight is 429 g/mol. The van der Waals surface area contributed by atoms with E-state index in [1.54, 1.807) is 0 Å². The van der Waals surface area contributed by atoms with Crippen LogP contribution >= 0.6 is 0 Å². The van der Waals surface area contributed by atoms with Crippen LogP contribution in [-0.4, -0.2) is 0 Å². The summed E-state index contributed by atoms with van der Waals surface area (Å²) in [6.07, 6.45) is 32.5. The molecule has 0 radical (unpaired) electrons. The highest BCUT2D eigenvalue weighted by Gasteiger charge is 1.92. The molecule has 0 amide bonds. The molecule has 0 aromatic carbocycles. The highest BCUT2D eigenvalue weighted by atomic mass is 14.0. The molecule has 31 heavy (non-hydrogen) atoms. The zero-order valence-electron chi connectivity index (χ0n) is 22.1. The van der Waals surface area contributed by atoms with E-state index in [0.717, 1.165) is 12.8 Å². The minimum absolute atomic E-state index is 1.03. The average Bonchev–Trinajstić information content (AvgIpc) is 2.74. The van der Waals surface area contributed by atoms with Crippen molar-refractivity contribution in [3.63, 3.8) is 0 Å². The molecule has 0 N–H and O–H groups in total. The van der Waals surface area contributed by atoms with Gasteiger partial charge in [0.2, 0.25) is 0 Å². The van der Waals surface area contributed by atoms with Gasteiger partial charge in [-0.05, 0) is 59.8 Å². The van der Waals surface area contributed by atoms with Crippen molar-refractivity contribution in [2.75, 3.05) is 0 Å². The first-order chi connectivity index (χ1) is 15.0. The van der Waals surface area contributed by atoms with Crippen molar-refractivity contribution in [1.82, 2.24) is 0 Å². The third-order valence-electron chi connectivity index (χ3n) is 5.58. The Bertz CT molecular complexity index is 482. The molecule has 0 fully saturated rings. The topological polar surface area (TPSA) is 0 Å². The van der Waals surface area contributed by atoms with E-state index in [9.17, 15) is 0 Å². The van der Waals surface area contributed by atoms with Crippen molar-refractivity contribution >= 4 is 0 Å². The van der Waals surface area contributed by atoms with Crippen LogP contribution in [0.1, 0.15) is 137 Å². The molecule has 0 aliphatic rings. The molecule has 0 heterocycles. The van der Waals surface area contributed by atoms with Crippen molar-refractivity contribution < 1.29 is 0 Å². The number of allylic oxidation sites excluding steroid dienone is 8. The minimum atomic E-state index is 1.03. The quantitative estimate of drug-likeness (QED) is 0.109. The smallest absolute Gasteiger partial charge is 0.0161 e. The molecule has 0 aromatic rings. The maximum absolute atomic E-state index is 3.75. The van der Waals surface area contributed by atoms with E-state index in [2.05, 4.69) is 66.0 Å². The Morgan fingerprint density at radius 2 is 1.13 bits per heavy atom. The molecule has 0 heteroatoms.